The van der Waals surface area contributed by atoms with Crippen molar-refractivity contribution in [3.05, 3.63) is 39.2 Å². The van der Waals surface area contributed by atoms with Crippen molar-refractivity contribution in [3.8, 4) is 5.75 Å². The van der Waals surface area contributed by atoms with Crippen LogP contribution in [0.1, 0.15) is 53.4 Å². The van der Waals surface area contributed by atoms with Crippen LogP contribution in [0.4, 0.5) is 10.7 Å². The van der Waals surface area contributed by atoms with Crippen LogP contribution in [-0.4, -0.2) is 43.0 Å². The lowest BCUT2D eigenvalue weighted by molar-refractivity contribution is -0.118. The maximum Gasteiger partial charge on any atom is 0.259 e. The summed E-state index contributed by atoms with van der Waals surface area (Å²) >= 11 is 7.64. The van der Waals surface area contributed by atoms with E-state index in [-0.39, 0.29) is 11.8 Å². The van der Waals surface area contributed by atoms with Crippen LogP contribution >= 0.6 is 22.9 Å². The molecule has 166 valence electrons. The molecule has 2 amide bonds. The SMILES string of the molecule is COc1ccc(Cl)cc1NC(=O)c1c(NC(=O)CN2CCCCC2C)sc2c1CCC2. The fraction of sp³-hybridized carbons (Fsp3) is 0.478. The molecule has 2 N–H and O–H groups in total. The zero-order valence-electron chi connectivity index (χ0n) is 17.9. The molecule has 1 saturated heterocycles. The largest absolute Gasteiger partial charge is 0.495 e. The van der Waals surface area contributed by atoms with Gasteiger partial charge in [-0.3, -0.25) is 14.5 Å². The number of likely N-dealkylation sites (tertiary alicyclic amines) is 1. The number of carbonyl (C=O) groups excluding carboxylic acids is 2. The molecule has 1 aromatic heterocycles. The maximum atomic E-state index is 13.3. The second-order valence-corrected chi connectivity index (χ2v) is 9.77. The van der Waals surface area contributed by atoms with Crippen molar-refractivity contribution >= 4 is 45.4 Å². The van der Waals surface area contributed by atoms with E-state index in [1.807, 2.05) is 0 Å². The Hall–Kier alpha value is -2.09. The molecule has 31 heavy (non-hydrogen) atoms. The Labute approximate surface area is 191 Å². The number of fused-ring (bicyclic) bond motifs is 1. The maximum absolute atomic E-state index is 13.3. The van der Waals surface area contributed by atoms with Crippen LogP contribution in [0, 0.1) is 0 Å². The van der Waals surface area contributed by atoms with Gasteiger partial charge in [-0.25, -0.2) is 0 Å². The van der Waals surface area contributed by atoms with Crippen LogP contribution in [0.5, 0.6) is 5.75 Å². The Balaban J connectivity index is 1.54. The van der Waals surface area contributed by atoms with Gasteiger partial charge in [-0.1, -0.05) is 18.0 Å². The Kier molecular flexibility index (Phi) is 6.84. The summed E-state index contributed by atoms with van der Waals surface area (Å²) in [6.45, 7) is 3.47. The van der Waals surface area contributed by atoms with E-state index in [4.69, 9.17) is 16.3 Å². The summed E-state index contributed by atoms with van der Waals surface area (Å²) in [6, 6.07) is 5.51. The lowest BCUT2D eigenvalue weighted by atomic mass is 10.0. The zero-order valence-corrected chi connectivity index (χ0v) is 19.5. The highest BCUT2D eigenvalue weighted by atomic mass is 35.5. The number of ether oxygens (including phenoxy) is 1. The molecule has 1 aromatic carbocycles. The summed E-state index contributed by atoms with van der Waals surface area (Å²) in [5.41, 5.74) is 2.13. The summed E-state index contributed by atoms with van der Waals surface area (Å²) in [6.07, 6.45) is 6.28. The van der Waals surface area contributed by atoms with Gasteiger partial charge in [0.05, 0.1) is 24.9 Å². The van der Waals surface area contributed by atoms with E-state index >= 15 is 0 Å². The van der Waals surface area contributed by atoms with E-state index in [0.29, 0.717) is 39.6 Å². The van der Waals surface area contributed by atoms with Crippen molar-refractivity contribution in [2.24, 2.45) is 0 Å². The predicted octanol–water partition coefficient (Wildman–Crippen LogP) is 4.96. The molecule has 1 aliphatic heterocycles. The fourth-order valence-electron chi connectivity index (χ4n) is 4.44. The number of nitrogens with zero attached hydrogens (tertiary/aromatic N) is 1. The number of hydrogen-bond acceptors (Lipinski definition) is 5. The van der Waals surface area contributed by atoms with Crippen LogP contribution in [0.25, 0.3) is 0 Å². The smallest absolute Gasteiger partial charge is 0.259 e. The first-order valence-corrected chi connectivity index (χ1v) is 12.0. The third-order valence-corrected chi connectivity index (χ3v) is 7.54. The fourth-order valence-corrected chi connectivity index (χ4v) is 5.91. The van der Waals surface area contributed by atoms with Crippen LogP contribution in [0.3, 0.4) is 0 Å². The highest BCUT2D eigenvalue weighted by Gasteiger charge is 2.29. The number of halogens is 1. The van der Waals surface area contributed by atoms with E-state index in [1.54, 1.807) is 25.3 Å². The number of rotatable bonds is 6. The zero-order chi connectivity index (χ0) is 22.0. The average molecular weight is 462 g/mol. The van der Waals surface area contributed by atoms with Gasteiger partial charge in [0.25, 0.3) is 5.91 Å². The third kappa shape index (κ3) is 4.89. The lowest BCUT2D eigenvalue weighted by Gasteiger charge is -2.32. The van der Waals surface area contributed by atoms with Crippen LogP contribution in [0.15, 0.2) is 18.2 Å². The van der Waals surface area contributed by atoms with Crippen molar-refractivity contribution in [1.29, 1.82) is 0 Å². The number of piperidine rings is 1. The van der Waals surface area contributed by atoms with Crippen molar-refractivity contribution < 1.29 is 14.3 Å². The second kappa shape index (κ2) is 9.59. The molecular formula is C23H28ClN3O3S. The number of benzene rings is 1. The molecule has 0 saturated carbocycles. The number of thiophene rings is 1. The first-order valence-electron chi connectivity index (χ1n) is 10.8. The first kappa shape index (κ1) is 22.1. The number of anilines is 2. The van der Waals surface area contributed by atoms with Gasteiger partial charge in [-0.15, -0.1) is 11.3 Å². The number of methoxy groups -OCH3 is 1. The quantitative estimate of drug-likeness (QED) is 0.637. The third-order valence-electron chi connectivity index (χ3n) is 6.10. The van der Waals surface area contributed by atoms with Crippen molar-refractivity contribution in [2.45, 2.75) is 51.5 Å². The van der Waals surface area contributed by atoms with Crippen LogP contribution < -0.4 is 15.4 Å². The summed E-state index contributed by atoms with van der Waals surface area (Å²) < 4.78 is 5.35. The minimum atomic E-state index is -0.249. The molecule has 8 heteroatoms. The topological polar surface area (TPSA) is 70.7 Å². The number of aryl methyl sites for hydroxylation is 1. The van der Waals surface area contributed by atoms with Gasteiger partial charge in [0.15, 0.2) is 0 Å². The van der Waals surface area contributed by atoms with Crippen LogP contribution in [-0.2, 0) is 17.6 Å². The molecule has 1 fully saturated rings. The van der Waals surface area contributed by atoms with Crippen molar-refractivity contribution in [3.63, 3.8) is 0 Å². The van der Waals surface area contributed by atoms with E-state index in [0.717, 1.165) is 44.2 Å². The molecule has 0 spiro atoms. The average Bonchev–Trinajstić information content (AvgIpc) is 3.30. The van der Waals surface area contributed by atoms with E-state index < -0.39 is 0 Å². The number of hydrogen-bond donors (Lipinski definition) is 2. The van der Waals surface area contributed by atoms with Gasteiger partial charge in [0.1, 0.15) is 10.8 Å². The Morgan fingerprint density at radius 3 is 2.84 bits per heavy atom. The van der Waals surface area contributed by atoms with Gasteiger partial charge in [-0.05, 0) is 69.3 Å². The molecule has 1 atom stereocenters. The van der Waals surface area contributed by atoms with Gasteiger partial charge < -0.3 is 15.4 Å². The molecule has 2 aliphatic rings. The standard InChI is InChI=1S/C23H28ClN3O3S/c1-14-6-3-4-11-27(14)13-20(28)26-23-21(16-7-5-8-19(16)31-23)22(29)25-17-12-15(24)9-10-18(17)30-2/h9-10,12,14H,3-8,11,13H2,1-2H3,(H,25,29)(H,26,28). The molecule has 0 bridgehead atoms. The Morgan fingerprint density at radius 2 is 2.06 bits per heavy atom. The highest BCUT2D eigenvalue weighted by Crippen LogP contribution is 2.40. The molecule has 1 aliphatic carbocycles. The molecule has 1 unspecified atom stereocenters. The molecule has 6 nitrogen and oxygen atoms in total. The number of carbonyl (C=O) groups is 2. The van der Waals surface area contributed by atoms with Gasteiger partial charge in [0, 0.05) is 15.9 Å². The van der Waals surface area contributed by atoms with Crippen molar-refractivity contribution in [1.82, 2.24) is 4.90 Å². The van der Waals surface area contributed by atoms with Gasteiger partial charge in [-0.2, -0.15) is 0 Å². The normalized spacial score (nSPS) is 18.5. The monoisotopic (exact) mass is 461 g/mol. The van der Waals surface area contributed by atoms with E-state index in [1.165, 1.54) is 22.6 Å². The Morgan fingerprint density at radius 1 is 1.23 bits per heavy atom. The molecule has 2 aromatic rings. The summed E-state index contributed by atoms with van der Waals surface area (Å²) in [7, 11) is 1.55. The summed E-state index contributed by atoms with van der Waals surface area (Å²) in [5.74, 6) is 0.221. The van der Waals surface area contributed by atoms with Gasteiger partial charge >= 0.3 is 0 Å². The molecular weight excluding hydrogens is 434 g/mol. The lowest BCUT2D eigenvalue weighted by Crippen LogP contribution is -2.42. The molecule has 0 radical (unpaired) electrons. The summed E-state index contributed by atoms with van der Waals surface area (Å²) in [4.78, 5) is 29.5. The highest BCUT2D eigenvalue weighted by molar-refractivity contribution is 7.17. The van der Waals surface area contributed by atoms with Gasteiger partial charge in [0.2, 0.25) is 5.91 Å². The first-order chi connectivity index (χ1) is 15.0. The Bertz CT molecular complexity index is 991. The minimum Gasteiger partial charge on any atom is -0.495 e. The van der Waals surface area contributed by atoms with E-state index in [2.05, 4.69) is 22.5 Å². The second-order valence-electron chi connectivity index (χ2n) is 8.22. The molecule has 4 rings (SSSR count). The van der Waals surface area contributed by atoms with Crippen LogP contribution in [0.2, 0.25) is 5.02 Å². The predicted molar refractivity (Wildman–Crippen MR) is 126 cm³/mol. The number of amides is 2. The molecule has 2 heterocycles. The van der Waals surface area contributed by atoms with E-state index in [9.17, 15) is 9.59 Å². The number of nitrogens with one attached hydrogen (secondary N) is 2. The van der Waals surface area contributed by atoms with Crippen molar-refractivity contribution in [2.75, 3.05) is 30.8 Å². The summed E-state index contributed by atoms with van der Waals surface area (Å²) in [5, 5.41) is 7.11. The minimum absolute atomic E-state index is 0.0666.